The molecule has 2 amide bonds. The van der Waals surface area contributed by atoms with Gasteiger partial charge in [0.25, 0.3) is 5.91 Å². The Bertz CT molecular complexity index is 699. The van der Waals surface area contributed by atoms with Gasteiger partial charge in [-0.1, -0.05) is 6.07 Å². The van der Waals surface area contributed by atoms with Gasteiger partial charge in [-0.25, -0.2) is 0 Å². The lowest BCUT2D eigenvalue weighted by molar-refractivity contribution is -0.138. The minimum atomic E-state index is -0.999. The van der Waals surface area contributed by atoms with E-state index < -0.39 is 11.6 Å². The van der Waals surface area contributed by atoms with E-state index in [-0.39, 0.29) is 37.7 Å². The number of carbonyl (C=O) groups excluding carboxylic acids is 2. The van der Waals surface area contributed by atoms with Crippen LogP contribution in [-0.2, 0) is 14.4 Å². The number of fused-ring (bicyclic) bond motifs is 1. The Kier molecular flexibility index (Phi) is 5.35. The summed E-state index contributed by atoms with van der Waals surface area (Å²) in [5.41, 5.74) is 0.649. The van der Waals surface area contributed by atoms with Crippen LogP contribution in [0.1, 0.15) is 32.3 Å². The van der Waals surface area contributed by atoms with E-state index in [1.54, 1.807) is 25.8 Å². The highest BCUT2D eigenvalue weighted by atomic mass is 16.5. The van der Waals surface area contributed by atoms with Crippen LogP contribution in [-0.4, -0.2) is 53.5 Å². The van der Waals surface area contributed by atoms with Crippen LogP contribution < -0.4 is 9.64 Å². The summed E-state index contributed by atoms with van der Waals surface area (Å²) >= 11 is 0. The number of rotatable bonds is 6. The fraction of sp³-hybridized carbons (Fsp3) is 0.500. The summed E-state index contributed by atoms with van der Waals surface area (Å²) in [6, 6.07) is 5.60. The fourth-order valence-electron chi connectivity index (χ4n) is 2.69. The summed E-state index contributed by atoms with van der Waals surface area (Å²) in [6.45, 7) is 5.69. The molecule has 0 aromatic heterocycles. The molecule has 0 spiro atoms. The predicted molar refractivity (Wildman–Crippen MR) is 92.7 cm³/mol. The molecule has 1 N–H and O–H groups in total. The molecule has 1 aliphatic heterocycles. The molecule has 0 saturated carbocycles. The Hall–Kier alpha value is -2.57. The van der Waals surface area contributed by atoms with Crippen molar-refractivity contribution in [3.8, 4) is 5.75 Å². The quantitative estimate of drug-likeness (QED) is 0.847. The van der Waals surface area contributed by atoms with Crippen LogP contribution >= 0.6 is 0 Å². The maximum atomic E-state index is 12.7. The average Bonchev–Trinajstić information content (AvgIpc) is 2.53. The summed E-state index contributed by atoms with van der Waals surface area (Å²) in [6.07, 6.45) is 0.0130. The number of aliphatic carboxylic acids is 1. The van der Waals surface area contributed by atoms with Crippen molar-refractivity contribution in [3.05, 3.63) is 23.8 Å². The van der Waals surface area contributed by atoms with Crippen molar-refractivity contribution >= 4 is 23.5 Å². The minimum Gasteiger partial charge on any atom is -0.481 e. The summed E-state index contributed by atoms with van der Waals surface area (Å²) in [7, 11) is 1.56. The summed E-state index contributed by atoms with van der Waals surface area (Å²) in [5.74, 6) is -0.741. The van der Waals surface area contributed by atoms with E-state index in [1.807, 2.05) is 25.1 Å². The Balaban J connectivity index is 2.12. The standard InChI is InChI=1S/C18H24N2O5/c1-12-5-6-14-13(11-12)20(17(24)18(2,3)25-14)10-7-15(21)19(4)9-8-16(22)23/h5-6,11H,7-10H2,1-4H3,(H,22,23). The number of anilines is 1. The van der Waals surface area contributed by atoms with Crippen LogP contribution in [0.5, 0.6) is 5.75 Å². The molecule has 136 valence electrons. The third-order valence-electron chi connectivity index (χ3n) is 4.17. The Labute approximate surface area is 147 Å². The summed E-state index contributed by atoms with van der Waals surface area (Å²) in [4.78, 5) is 38.5. The van der Waals surface area contributed by atoms with Gasteiger partial charge in [0.1, 0.15) is 5.75 Å². The van der Waals surface area contributed by atoms with E-state index in [4.69, 9.17) is 9.84 Å². The lowest BCUT2D eigenvalue weighted by atomic mass is 10.0. The molecule has 0 fully saturated rings. The molecule has 2 rings (SSSR count). The summed E-state index contributed by atoms with van der Waals surface area (Å²) in [5, 5.41) is 8.70. The van der Waals surface area contributed by atoms with E-state index in [1.165, 1.54) is 4.90 Å². The van der Waals surface area contributed by atoms with Gasteiger partial charge in [-0.3, -0.25) is 14.4 Å². The van der Waals surface area contributed by atoms with Gasteiger partial charge >= 0.3 is 5.97 Å². The van der Waals surface area contributed by atoms with Crippen LogP contribution in [0.25, 0.3) is 0 Å². The van der Waals surface area contributed by atoms with E-state index >= 15 is 0 Å². The Morgan fingerprint density at radius 3 is 2.60 bits per heavy atom. The zero-order chi connectivity index (χ0) is 18.8. The van der Waals surface area contributed by atoms with E-state index in [9.17, 15) is 14.4 Å². The first-order valence-electron chi connectivity index (χ1n) is 8.19. The second kappa shape index (κ2) is 7.13. The number of amides is 2. The molecule has 0 unspecified atom stereocenters. The first kappa shape index (κ1) is 18.8. The number of ether oxygens (including phenoxy) is 1. The molecule has 1 aromatic carbocycles. The smallest absolute Gasteiger partial charge is 0.305 e. The number of carboxylic acids is 1. The highest BCUT2D eigenvalue weighted by Gasteiger charge is 2.40. The zero-order valence-electron chi connectivity index (χ0n) is 15.0. The van der Waals surface area contributed by atoms with Crippen LogP contribution in [0, 0.1) is 6.92 Å². The van der Waals surface area contributed by atoms with Crippen molar-refractivity contribution in [1.29, 1.82) is 0 Å². The van der Waals surface area contributed by atoms with Gasteiger partial charge in [-0.15, -0.1) is 0 Å². The third kappa shape index (κ3) is 4.29. The number of hydrogen-bond acceptors (Lipinski definition) is 4. The lowest BCUT2D eigenvalue weighted by Gasteiger charge is -2.39. The van der Waals surface area contributed by atoms with Crippen molar-refractivity contribution in [2.75, 3.05) is 25.0 Å². The molecular formula is C18H24N2O5. The molecule has 0 aliphatic carbocycles. The number of aryl methyl sites for hydroxylation is 1. The topological polar surface area (TPSA) is 87.2 Å². The van der Waals surface area contributed by atoms with Crippen LogP contribution in [0.4, 0.5) is 5.69 Å². The molecule has 7 nitrogen and oxygen atoms in total. The second-order valence-corrected chi connectivity index (χ2v) is 6.75. The highest BCUT2D eigenvalue weighted by molar-refractivity contribution is 6.02. The highest BCUT2D eigenvalue weighted by Crippen LogP contribution is 2.38. The van der Waals surface area contributed by atoms with Gasteiger partial charge < -0.3 is 19.6 Å². The number of nitrogens with zero attached hydrogens (tertiary/aromatic N) is 2. The third-order valence-corrected chi connectivity index (χ3v) is 4.17. The van der Waals surface area contributed by atoms with Gasteiger partial charge in [0, 0.05) is 26.6 Å². The molecule has 0 saturated heterocycles. The number of hydrogen-bond donors (Lipinski definition) is 1. The van der Waals surface area contributed by atoms with E-state index in [2.05, 4.69) is 0 Å². The zero-order valence-corrected chi connectivity index (χ0v) is 15.0. The minimum absolute atomic E-state index is 0.103. The van der Waals surface area contributed by atoms with Gasteiger partial charge in [0.15, 0.2) is 5.60 Å². The van der Waals surface area contributed by atoms with Crippen molar-refractivity contribution < 1.29 is 24.2 Å². The van der Waals surface area contributed by atoms with Gasteiger partial charge in [0.05, 0.1) is 12.1 Å². The number of carboxylic acid groups (broad SMARTS) is 1. The summed E-state index contributed by atoms with van der Waals surface area (Å²) < 4.78 is 5.78. The van der Waals surface area contributed by atoms with E-state index in [0.717, 1.165) is 5.56 Å². The molecule has 0 bridgehead atoms. The van der Waals surface area contributed by atoms with Gasteiger partial charge in [-0.2, -0.15) is 0 Å². The van der Waals surface area contributed by atoms with Crippen molar-refractivity contribution in [3.63, 3.8) is 0 Å². The van der Waals surface area contributed by atoms with Crippen LogP contribution in [0.15, 0.2) is 18.2 Å². The Morgan fingerprint density at radius 1 is 1.28 bits per heavy atom. The number of carbonyl (C=O) groups is 3. The van der Waals surface area contributed by atoms with Crippen molar-refractivity contribution in [2.24, 2.45) is 0 Å². The normalized spacial score (nSPS) is 15.4. The second-order valence-electron chi connectivity index (χ2n) is 6.75. The first-order chi connectivity index (χ1) is 11.6. The molecule has 1 aromatic rings. The maximum Gasteiger partial charge on any atom is 0.305 e. The monoisotopic (exact) mass is 348 g/mol. The molecule has 7 heteroatoms. The molecule has 0 radical (unpaired) electrons. The molecule has 1 heterocycles. The molecular weight excluding hydrogens is 324 g/mol. The molecule has 25 heavy (non-hydrogen) atoms. The SMILES string of the molecule is Cc1ccc2c(c1)N(CCC(=O)N(C)CCC(=O)O)C(=O)C(C)(C)O2. The van der Waals surface area contributed by atoms with Crippen molar-refractivity contribution in [1.82, 2.24) is 4.90 Å². The fourth-order valence-corrected chi connectivity index (χ4v) is 2.69. The number of benzene rings is 1. The molecule has 1 aliphatic rings. The first-order valence-corrected chi connectivity index (χ1v) is 8.19. The Morgan fingerprint density at radius 2 is 1.96 bits per heavy atom. The van der Waals surface area contributed by atoms with Crippen LogP contribution in [0.2, 0.25) is 0 Å². The van der Waals surface area contributed by atoms with Gasteiger partial charge in [-0.05, 0) is 38.5 Å². The maximum absolute atomic E-state index is 12.7. The van der Waals surface area contributed by atoms with Crippen molar-refractivity contribution in [2.45, 2.75) is 39.2 Å². The van der Waals surface area contributed by atoms with Crippen LogP contribution in [0.3, 0.4) is 0 Å². The predicted octanol–water partition coefficient (Wildman–Crippen LogP) is 1.82. The lowest BCUT2D eigenvalue weighted by Crippen LogP contribution is -2.53. The van der Waals surface area contributed by atoms with E-state index in [0.29, 0.717) is 11.4 Å². The van der Waals surface area contributed by atoms with Gasteiger partial charge in [0.2, 0.25) is 5.91 Å². The largest absolute Gasteiger partial charge is 0.481 e. The molecule has 0 atom stereocenters. The average molecular weight is 348 g/mol.